The molecule has 0 amide bonds. The molecule has 0 spiro atoms. The predicted molar refractivity (Wildman–Crippen MR) is 89.1 cm³/mol. The topological polar surface area (TPSA) is 48.8 Å². The molecule has 2 aliphatic rings. The van der Waals surface area contributed by atoms with Crippen molar-refractivity contribution in [3.8, 4) is 11.5 Å². The van der Waals surface area contributed by atoms with Gasteiger partial charge in [-0.1, -0.05) is 6.07 Å². The third-order valence-corrected chi connectivity index (χ3v) is 4.56. The van der Waals surface area contributed by atoms with Gasteiger partial charge in [-0.15, -0.1) is 0 Å². The van der Waals surface area contributed by atoms with E-state index in [2.05, 4.69) is 28.3 Å². The van der Waals surface area contributed by atoms with Gasteiger partial charge in [0.15, 0.2) is 11.5 Å². The second kappa shape index (κ2) is 6.45. The molecular formula is C18H23N3O3. The van der Waals surface area contributed by atoms with E-state index in [0.29, 0.717) is 12.7 Å². The van der Waals surface area contributed by atoms with Crippen LogP contribution in [0.2, 0.25) is 0 Å². The van der Waals surface area contributed by atoms with Crippen LogP contribution in [-0.4, -0.2) is 41.2 Å². The smallest absolute Gasteiger partial charge is 0.231 e. The Balaban J connectivity index is 1.51. The molecule has 1 aromatic heterocycles. The number of hydrogen-bond acceptors (Lipinski definition) is 5. The fourth-order valence-corrected chi connectivity index (χ4v) is 3.53. The summed E-state index contributed by atoms with van der Waals surface area (Å²) >= 11 is 0. The molecule has 0 bridgehead atoms. The van der Waals surface area contributed by atoms with E-state index in [9.17, 15) is 0 Å². The standard InChI is InChI=1S/C18H23N3O3/c1-3-22-11-15-10-21(9-14-8-20(2)19-18(14)15)7-13-4-5-16-17(6-13)24-12-23-16/h4-6,8,15H,3,7,9-12H2,1-2H3/t15-/m0/s1. The van der Waals surface area contributed by atoms with Crippen LogP contribution in [0.4, 0.5) is 0 Å². The lowest BCUT2D eigenvalue weighted by Crippen LogP contribution is -2.34. The highest BCUT2D eigenvalue weighted by Gasteiger charge is 2.28. The molecule has 4 rings (SSSR count). The summed E-state index contributed by atoms with van der Waals surface area (Å²) in [6, 6.07) is 6.19. The van der Waals surface area contributed by atoms with Crippen LogP contribution in [0, 0.1) is 0 Å². The van der Waals surface area contributed by atoms with E-state index in [-0.39, 0.29) is 0 Å². The Morgan fingerprint density at radius 3 is 3.04 bits per heavy atom. The first kappa shape index (κ1) is 15.5. The van der Waals surface area contributed by atoms with Crippen LogP contribution in [0.25, 0.3) is 0 Å². The Labute approximate surface area is 141 Å². The molecule has 1 aromatic carbocycles. The summed E-state index contributed by atoms with van der Waals surface area (Å²) in [6.07, 6.45) is 2.13. The fraction of sp³-hybridized carbons (Fsp3) is 0.500. The number of fused-ring (bicyclic) bond motifs is 2. The molecule has 24 heavy (non-hydrogen) atoms. The van der Waals surface area contributed by atoms with Gasteiger partial charge in [-0.05, 0) is 24.6 Å². The minimum absolute atomic E-state index is 0.317. The maximum absolute atomic E-state index is 5.69. The summed E-state index contributed by atoms with van der Waals surface area (Å²) in [7, 11) is 1.98. The minimum Gasteiger partial charge on any atom is -0.454 e. The number of aryl methyl sites for hydroxylation is 1. The van der Waals surface area contributed by atoms with Gasteiger partial charge >= 0.3 is 0 Å². The van der Waals surface area contributed by atoms with Gasteiger partial charge in [0.25, 0.3) is 0 Å². The minimum atomic E-state index is 0.317. The highest BCUT2D eigenvalue weighted by molar-refractivity contribution is 5.44. The summed E-state index contributed by atoms with van der Waals surface area (Å²) in [4.78, 5) is 2.45. The first-order valence-corrected chi connectivity index (χ1v) is 8.44. The first-order chi connectivity index (χ1) is 11.7. The summed E-state index contributed by atoms with van der Waals surface area (Å²) < 4.78 is 18.5. The summed E-state index contributed by atoms with van der Waals surface area (Å²) in [5.41, 5.74) is 3.73. The van der Waals surface area contributed by atoms with Crippen LogP contribution in [-0.2, 0) is 24.9 Å². The average molecular weight is 329 g/mol. The zero-order chi connectivity index (χ0) is 16.5. The monoisotopic (exact) mass is 329 g/mol. The van der Waals surface area contributed by atoms with E-state index in [1.54, 1.807) is 0 Å². The molecule has 1 atom stereocenters. The Bertz CT molecular complexity index is 728. The van der Waals surface area contributed by atoms with Crippen LogP contribution in [0.5, 0.6) is 11.5 Å². The SMILES string of the molecule is CCOC[C@@H]1CN(Cc2ccc3c(c2)OCO3)Cc2cn(C)nc21. The number of hydrogen-bond donors (Lipinski definition) is 0. The van der Waals surface area contributed by atoms with Gasteiger partial charge in [0.05, 0.1) is 12.3 Å². The summed E-state index contributed by atoms with van der Waals surface area (Å²) in [5.74, 6) is 2.00. The molecule has 0 radical (unpaired) electrons. The molecule has 0 fully saturated rings. The van der Waals surface area contributed by atoms with Crippen LogP contribution >= 0.6 is 0 Å². The van der Waals surface area contributed by atoms with Gasteiger partial charge in [-0.2, -0.15) is 5.10 Å². The lowest BCUT2D eigenvalue weighted by Gasteiger charge is -2.31. The highest BCUT2D eigenvalue weighted by Crippen LogP contribution is 2.34. The summed E-state index contributed by atoms with van der Waals surface area (Å²) in [6.45, 7) is 6.57. The maximum atomic E-state index is 5.69. The van der Waals surface area contributed by atoms with Gasteiger partial charge in [0.1, 0.15) is 0 Å². The van der Waals surface area contributed by atoms with Gasteiger partial charge in [-0.25, -0.2) is 0 Å². The molecule has 6 heteroatoms. The van der Waals surface area contributed by atoms with E-state index in [1.807, 2.05) is 24.7 Å². The Hall–Kier alpha value is -2.05. The van der Waals surface area contributed by atoms with Crippen molar-refractivity contribution >= 4 is 0 Å². The van der Waals surface area contributed by atoms with Gasteiger partial charge in [0.2, 0.25) is 6.79 Å². The van der Waals surface area contributed by atoms with Crippen molar-refractivity contribution in [2.24, 2.45) is 7.05 Å². The van der Waals surface area contributed by atoms with E-state index < -0.39 is 0 Å². The first-order valence-electron chi connectivity index (χ1n) is 8.44. The van der Waals surface area contributed by atoms with Crippen molar-refractivity contribution in [2.75, 3.05) is 26.6 Å². The zero-order valence-electron chi connectivity index (χ0n) is 14.2. The molecular weight excluding hydrogens is 306 g/mol. The summed E-state index contributed by atoms with van der Waals surface area (Å²) in [5, 5.41) is 4.65. The van der Waals surface area contributed by atoms with Crippen molar-refractivity contribution in [1.29, 1.82) is 0 Å². The lowest BCUT2D eigenvalue weighted by atomic mass is 9.97. The molecule has 0 N–H and O–H groups in total. The van der Waals surface area contributed by atoms with Crippen molar-refractivity contribution < 1.29 is 14.2 Å². The Morgan fingerprint density at radius 2 is 2.17 bits per heavy atom. The normalized spacial score (nSPS) is 19.5. The van der Waals surface area contributed by atoms with Crippen LogP contribution in [0.15, 0.2) is 24.4 Å². The molecule has 2 aliphatic heterocycles. The number of rotatable bonds is 5. The third kappa shape index (κ3) is 2.99. The fourth-order valence-electron chi connectivity index (χ4n) is 3.53. The maximum Gasteiger partial charge on any atom is 0.231 e. The number of nitrogens with zero attached hydrogens (tertiary/aromatic N) is 3. The molecule has 0 saturated heterocycles. The van der Waals surface area contributed by atoms with Gasteiger partial charge < -0.3 is 14.2 Å². The average Bonchev–Trinajstić information content (AvgIpc) is 3.17. The molecule has 6 nitrogen and oxygen atoms in total. The van der Waals surface area contributed by atoms with E-state index in [1.165, 1.54) is 16.8 Å². The van der Waals surface area contributed by atoms with Crippen LogP contribution < -0.4 is 9.47 Å². The van der Waals surface area contributed by atoms with Crippen molar-refractivity contribution in [1.82, 2.24) is 14.7 Å². The second-order valence-corrected chi connectivity index (χ2v) is 6.43. The van der Waals surface area contributed by atoms with Crippen molar-refractivity contribution in [3.05, 3.63) is 41.2 Å². The quantitative estimate of drug-likeness (QED) is 0.842. The zero-order valence-corrected chi connectivity index (χ0v) is 14.2. The predicted octanol–water partition coefficient (Wildman–Crippen LogP) is 2.28. The molecule has 0 aliphatic carbocycles. The highest BCUT2D eigenvalue weighted by atomic mass is 16.7. The van der Waals surface area contributed by atoms with Crippen molar-refractivity contribution in [2.45, 2.75) is 25.9 Å². The van der Waals surface area contributed by atoms with E-state index in [0.717, 1.165) is 44.3 Å². The molecule has 128 valence electrons. The van der Waals surface area contributed by atoms with Crippen LogP contribution in [0.1, 0.15) is 29.7 Å². The number of aromatic nitrogens is 2. The molecule has 0 unspecified atom stereocenters. The van der Waals surface area contributed by atoms with E-state index >= 15 is 0 Å². The Morgan fingerprint density at radius 1 is 1.29 bits per heavy atom. The largest absolute Gasteiger partial charge is 0.454 e. The van der Waals surface area contributed by atoms with Gasteiger partial charge in [-0.3, -0.25) is 9.58 Å². The van der Waals surface area contributed by atoms with E-state index in [4.69, 9.17) is 14.2 Å². The lowest BCUT2D eigenvalue weighted by molar-refractivity contribution is 0.104. The number of benzene rings is 1. The van der Waals surface area contributed by atoms with Crippen LogP contribution in [0.3, 0.4) is 0 Å². The van der Waals surface area contributed by atoms with Crippen molar-refractivity contribution in [3.63, 3.8) is 0 Å². The van der Waals surface area contributed by atoms with Gasteiger partial charge in [0, 0.05) is 51.0 Å². The second-order valence-electron chi connectivity index (χ2n) is 6.43. The molecule has 0 saturated carbocycles. The molecule has 3 heterocycles. The third-order valence-electron chi connectivity index (χ3n) is 4.56. The Kier molecular flexibility index (Phi) is 4.16. The number of ether oxygens (including phenoxy) is 3. The molecule has 2 aromatic rings.